The molecule has 0 amide bonds. The second-order valence-electron chi connectivity index (χ2n) is 8.96. The van der Waals surface area contributed by atoms with Gasteiger partial charge in [-0.3, -0.25) is 4.90 Å². The van der Waals surface area contributed by atoms with Crippen LogP contribution in [-0.2, 0) is 20.9 Å². The number of hydrogen-bond acceptors (Lipinski definition) is 7. The van der Waals surface area contributed by atoms with Gasteiger partial charge >= 0.3 is 24.3 Å². The average Bonchev–Trinajstić information content (AvgIpc) is 3.27. The van der Waals surface area contributed by atoms with Crippen LogP contribution in [-0.4, -0.2) is 81.7 Å². The van der Waals surface area contributed by atoms with Crippen molar-refractivity contribution in [3.05, 3.63) is 54.1 Å². The minimum Gasteiger partial charge on any atom is -0.475 e. The summed E-state index contributed by atoms with van der Waals surface area (Å²) in [4.78, 5) is 28.7. The Hall–Kier alpha value is -3.53. The van der Waals surface area contributed by atoms with Crippen LogP contribution in [0.5, 0.6) is 0 Å². The van der Waals surface area contributed by atoms with E-state index in [-0.39, 0.29) is 11.2 Å². The molecule has 0 saturated carbocycles. The Morgan fingerprint density at radius 3 is 2.20 bits per heavy atom. The number of fused-ring (bicyclic) bond motifs is 1. The summed E-state index contributed by atoms with van der Waals surface area (Å²) in [6.07, 6.45) is -3.21. The van der Waals surface area contributed by atoms with Crippen LogP contribution in [0.1, 0.15) is 24.8 Å². The van der Waals surface area contributed by atoms with E-state index in [1.165, 1.54) is 6.07 Å². The van der Waals surface area contributed by atoms with Gasteiger partial charge in [0, 0.05) is 50.6 Å². The van der Waals surface area contributed by atoms with E-state index in [9.17, 15) is 30.7 Å². The van der Waals surface area contributed by atoms with E-state index in [0.29, 0.717) is 12.1 Å². The summed E-state index contributed by atoms with van der Waals surface area (Å²) >= 11 is 0. The van der Waals surface area contributed by atoms with E-state index in [0.717, 1.165) is 57.6 Å². The highest BCUT2D eigenvalue weighted by Gasteiger charge is 2.47. The molecule has 3 heterocycles. The summed E-state index contributed by atoms with van der Waals surface area (Å²) < 4.78 is 83.0. The standard InChI is InChI=1S/C20H25FN4O.2C2HF3O2/c21-17-4-1-3-16(13-17)14-25-11-5-18-20(15-25,7-12-26-18)6-10-24-19-22-8-2-9-23-19;2*3-2(4,5)1(6)7/h1-4,8-9,13,18H,5-7,10-12,14-15H2,(H,22,23,24);2*(H,6,7)/t18-,20+;;/m1../s1. The first kappa shape index (κ1) is 32.7. The third-order valence-corrected chi connectivity index (χ3v) is 6.10. The zero-order chi connectivity index (χ0) is 30.0. The number of ether oxygens (including phenoxy) is 1. The molecule has 16 heteroatoms. The molecule has 2 fully saturated rings. The zero-order valence-electron chi connectivity index (χ0n) is 20.9. The molecule has 2 aliphatic rings. The molecule has 0 radical (unpaired) electrons. The predicted octanol–water partition coefficient (Wildman–Crippen LogP) is 4.37. The third kappa shape index (κ3) is 10.6. The van der Waals surface area contributed by atoms with E-state index >= 15 is 0 Å². The van der Waals surface area contributed by atoms with Gasteiger partial charge in [0.1, 0.15) is 5.82 Å². The minimum atomic E-state index is -5.08. The van der Waals surface area contributed by atoms with Crippen molar-refractivity contribution in [1.29, 1.82) is 0 Å². The van der Waals surface area contributed by atoms with Gasteiger partial charge in [-0.1, -0.05) is 12.1 Å². The molecule has 1 aromatic carbocycles. The van der Waals surface area contributed by atoms with Crippen molar-refractivity contribution in [1.82, 2.24) is 14.9 Å². The van der Waals surface area contributed by atoms with Gasteiger partial charge in [-0.05, 0) is 43.0 Å². The summed E-state index contributed by atoms with van der Waals surface area (Å²) in [5.41, 5.74) is 1.20. The minimum absolute atomic E-state index is 0.160. The highest BCUT2D eigenvalue weighted by molar-refractivity contribution is 5.73. The Morgan fingerprint density at radius 1 is 1.05 bits per heavy atom. The molecule has 40 heavy (non-hydrogen) atoms. The number of carbonyl (C=O) groups is 2. The zero-order valence-corrected chi connectivity index (χ0v) is 20.9. The van der Waals surface area contributed by atoms with Gasteiger partial charge in [0.15, 0.2) is 0 Å². The van der Waals surface area contributed by atoms with Crippen molar-refractivity contribution in [2.75, 3.05) is 31.6 Å². The Morgan fingerprint density at radius 2 is 1.65 bits per heavy atom. The molecule has 222 valence electrons. The quantitative estimate of drug-likeness (QED) is 0.425. The van der Waals surface area contributed by atoms with Gasteiger partial charge in [0.2, 0.25) is 5.95 Å². The maximum atomic E-state index is 13.5. The van der Waals surface area contributed by atoms with Crippen LogP contribution in [0, 0.1) is 11.2 Å². The fourth-order valence-electron chi connectivity index (χ4n) is 4.34. The number of rotatable bonds is 6. The van der Waals surface area contributed by atoms with Crippen LogP contribution < -0.4 is 5.32 Å². The Bertz CT molecular complexity index is 1080. The number of piperidine rings is 1. The number of alkyl halides is 6. The molecule has 4 rings (SSSR count). The van der Waals surface area contributed by atoms with Crippen LogP contribution in [0.2, 0.25) is 0 Å². The number of aromatic nitrogens is 2. The molecule has 2 aromatic rings. The number of carboxylic acids is 2. The van der Waals surface area contributed by atoms with Crippen molar-refractivity contribution in [2.45, 2.75) is 44.3 Å². The van der Waals surface area contributed by atoms with E-state index in [2.05, 4.69) is 20.2 Å². The van der Waals surface area contributed by atoms with E-state index in [4.69, 9.17) is 24.5 Å². The Labute approximate surface area is 224 Å². The summed E-state index contributed by atoms with van der Waals surface area (Å²) in [5, 5.41) is 17.6. The normalized spacial score (nSPS) is 20.7. The number of nitrogens with zero attached hydrogens (tertiary/aromatic N) is 3. The first-order valence-corrected chi connectivity index (χ1v) is 11.8. The average molecular weight is 584 g/mol. The van der Waals surface area contributed by atoms with Gasteiger partial charge in [-0.15, -0.1) is 0 Å². The van der Waals surface area contributed by atoms with E-state index in [1.807, 2.05) is 12.1 Å². The number of nitrogens with one attached hydrogen (secondary N) is 1. The van der Waals surface area contributed by atoms with Crippen LogP contribution in [0.25, 0.3) is 0 Å². The molecule has 2 saturated heterocycles. The number of aliphatic carboxylic acids is 2. The molecule has 0 spiro atoms. The van der Waals surface area contributed by atoms with Crippen molar-refractivity contribution < 1.29 is 55.3 Å². The lowest BCUT2D eigenvalue weighted by molar-refractivity contribution is -0.193. The second kappa shape index (κ2) is 14.2. The van der Waals surface area contributed by atoms with Crippen LogP contribution in [0.4, 0.5) is 36.7 Å². The first-order chi connectivity index (χ1) is 18.6. The molecule has 0 aliphatic carbocycles. The fraction of sp³-hybridized carbons (Fsp3) is 0.500. The maximum Gasteiger partial charge on any atom is 0.490 e. The molecule has 3 N–H and O–H groups in total. The Kier molecular flexibility index (Phi) is 11.6. The van der Waals surface area contributed by atoms with Gasteiger partial charge in [-0.25, -0.2) is 23.9 Å². The van der Waals surface area contributed by atoms with E-state index < -0.39 is 24.3 Å². The highest BCUT2D eigenvalue weighted by atomic mass is 19.4. The van der Waals surface area contributed by atoms with E-state index in [1.54, 1.807) is 24.5 Å². The molecule has 2 aliphatic heterocycles. The first-order valence-electron chi connectivity index (χ1n) is 11.8. The maximum absolute atomic E-state index is 13.5. The van der Waals surface area contributed by atoms with Crippen LogP contribution >= 0.6 is 0 Å². The number of benzene rings is 1. The number of likely N-dealkylation sites (tertiary alicyclic amines) is 1. The fourth-order valence-corrected chi connectivity index (χ4v) is 4.34. The lowest BCUT2D eigenvalue weighted by atomic mass is 9.74. The lowest BCUT2D eigenvalue weighted by Crippen LogP contribution is -2.49. The monoisotopic (exact) mass is 584 g/mol. The van der Waals surface area contributed by atoms with Gasteiger partial charge in [0.25, 0.3) is 0 Å². The summed E-state index contributed by atoms with van der Waals surface area (Å²) in [7, 11) is 0. The molecular formula is C24H27F7N4O5. The van der Waals surface area contributed by atoms with Gasteiger partial charge < -0.3 is 20.3 Å². The van der Waals surface area contributed by atoms with Crippen molar-refractivity contribution in [3.63, 3.8) is 0 Å². The topological polar surface area (TPSA) is 125 Å². The highest BCUT2D eigenvalue weighted by Crippen LogP contribution is 2.43. The molecule has 2 atom stereocenters. The summed E-state index contributed by atoms with van der Waals surface area (Å²) in [5.74, 6) is -5.00. The molecule has 9 nitrogen and oxygen atoms in total. The Balaban J connectivity index is 0.000000333. The molecule has 0 bridgehead atoms. The van der Waals surface area contributed by atoms with Gasteiger partial charge in [0.05, 0.1) is 6.10 Å². The summed E-state index contributed by atoms with van der Waals surface area (Å²) in [6.45, 7) is 4.45. The third-order valence-electron chi connectivity index (χ3n) is 6.10. The second-order valence-corrected chi connectivity index (χ2v) is 8.96. The predicted molar refractivity (Wildman–Crippen MR) is 126 cm³/mol. The SMILES string of the molecule is Fc1cccc(CN2CC[C@H]3OCC[C@@]3(CCNc3ncccn3)C2)c1.O=C(O)C(F)(F)F.O=C(O)C(F)(F)F. The number of carboxylic acid groups (broad SMARTS) is 2. The van der Waals surface area contributed by atoms with Crippen molar-refractivity contribution >= 4 is 17.9 Å². The number of hydrogen-bond donors (Lipinski definition) is 3. The van der Waals surface area contributed by atoms with Gasteiger partial charge in [-0.2, -0.15) is 26.3 Å². The van der Waals surface area contributed by atoms with Crippen molar-refractivity contribution in [3.8, 4) is 0 Å². The molecular weight excluding hydrogens is 557 g/mol. The molecule has 0 unspecified atom stereocenters. The number of halogens is 7. The largest absolute Gasteiger partial charge is 0.490 e. The molecule has 1 aromatic heterocycles. The van der Waals surface area contributed by atoms with Crippen LogP contribution in [0.3, 0.4) is 0 Å². The van der Waals surface area contributed by atoms with Crippen LogP contribution in [0.15, 0.2) is 42.7 Å². The van der Waals surface area contributed by atoms with Crippen molar-refractivity contribution in [2.24, 2.45) is 5.41 Å². The smallest absolute Gasteiger partial charge is 0.475 e. The number of anilines is 1. The summed E-state index contributed by atoms with van der Waals surface area (Å²) in [6, 6.07) is 8.74. The lowest BCUT2D eigenvalue weighted by Gasteiger charge is -2.44.